The molecule has 72 valence electrons. The van der Waals surface area contributed by atoms with Crippen molar-refractivity contribution in [2.45, 2.75) is 13.3 Å². The second kappa shape index (κ2) is 7.46. The zero-order chi connectivity index (χ0) is 9.40. The van der Waals surface area contributed by atoms with Crippen LogP contribution in [0.4, 0.5) is 0 Å². The summed E-state index contributed by atoms with van der Waals surface area (Å²) in [6.45, 7) is 5.61. The lowest BCUT2D eigenvalue weighted by atomic mass is 10.4. The van der Waals surface area contributed by atoms with Gasteiger partial charge >= 0.3 is 0 Å². The number of ether oxygens (including phenoxy) is 1. The maximum absolute atomic E-state index is 5.43. The average molecular weight is 190 g/mol. The van der Waals surface area contributed by atoms with Gasteiger partial charge in [0.25, 0.3) is 0 Å². The van der Waals surface area contributed by atoms with Gasteiger partial charge in [-0.3, -0.25) is 4.90 Å². The molecule has 0 rings (SSSR count). The third-order valence-corrected chi connectivity index (χ3v) is 1.78. The molecule has 0 aromatic heterocycles. The predicted octanol–water partition coefficient (Wildman–Crippen LogP) is 0.631. The zero-order valence-electron chi connectivity index (χ0n) is 7.88. The van der Waals surface area contributed by atoms with Gasteiger partial charge in [-0.15, -0.1) is 0 Å². The van der Waals surface area contributed by atoms with Gasteiger partial charge < -0.3 is 10.5 Å². The molecule has 3 nitrogen and oxygen atoms in total. The molecule has 0 aliphatic carbocycles. The summed E-state index contributed by atoms with van der Waals surface area (Å²) in [5.74, 6) is 0. The van der Waals surface area contributed by atoms with Crippen LogP contribution in [-0.2, 0) is 4.74 Å². The first kappa shape index (κ1) is 11.8. The van der Waals surface area contributed by atoms with E-state index in [-0.39, 0.29) is 0 Å². The van der Waals surface area contributed by atoms with Crippen molar-refractivity contribution in [1.29, 1.82) is 0 Å². The fourth-order valence-electron chi connectivity index (χ4n) is 1.00. The molecule has 0 spiro atoms. The van der Waals surface area contributed by atoms with Crippen LogP contribution in [0.25, 0.3) is 0 Å². The molecule has 0 heterocycles. The molecule has 0 bridgehead atoms. The monoisotopic (exact) mass is 190 g/mol. The Hall–Kier alpha value is -0.190. The number of nitrogens with zero attached hydrogens (tertiary/aromatic N) is 1. The van der Waals surface area contributed by atoms with Crippen LogP contribution in [0.5, 0.6) is 0 Å². The third-order valence-electron chi connectivity index (χ3n) is 1.65. The van der Waals surface area contributed by atoms with Crippen molar-refractivity contribution in [3.8, 4) is 0 Å². The van der Waals surface area contributed by atoms with E-state index >= 15 is 0 Å². The summed E-state index contributed by atoms with van der Waals surface area (Å²) < 4.78 is 4.95. The molecule has 0 unspecified atom stereocenters. The minimum atomic E-state index is 0.564. The topological polar surface area (TPSA) is 38.5 Å². The number of hydrogen-bond donors (Lipinski definition) is 1. The molecule has 12 heavy (non-hydrogen) atoms. The predicted molar refractivity (Wildman–Crippen MR) is 55.4 cm³/mol. The Morgan fingerprint density at radius 3 is 2.67 bits per heavy atom. The molecule has 0 aliphatic heterocycles. The summed E-state index contributed by atoms with van der Waals surface area (Å²) in [7, 11) is 1.71. The van der Waals surface area contributed by atoms with Gasteiger partial charge in [-0.1, -0.05) is 19.1 Å². The second-order valence-electron chi connectivity index (χ2n) is 2.68. The Balaban J connectivity index is 3.46. The molecule has 0 aromatic carbocycles. The van der Waals surface area contributed by atoms with Gasteiger partial charge in [0.1, 0.15) is 0 Å². The molecule has 0 aromatic rings. The van der Waals surface area contributed by atoms with Crippen LogP contribution in [0.15, 0.2) is 0 Å². The second-order valence-corrected chi connectivity index (χ2v) is 3.21. The lowest BCUT2D eigenvalue weighted by Gasteiger charge is -2.18. The van der Waals surface area contributed by atoms with Crippen LogP contribution in [0.2, 0.25) is 0 Å². The van der Waals surface area contributed by atoms with Crippen molar-refractivity contribution in [2.24, 2.45) is 5.73 Å². The highest BCUT2D eigenvalue weighted by atomic mass is 32.1. The highest BCUT2D eigenvalue weighted by molar-refractivity contribution is 7.80. The molecular weight excluding hydrogens is 172 g/mol. The molecule has 0 saturated heterocycles. The van der Waals surface area contributed by atoms with E-state index in [1.54, 1.807) is 7.11 Å². The van der Waals surface area contributed by atoms with Crippen molar-refractivity contribution in [2.75, 3.05) is 33.4 Å². The van der Waals surface area contributed by atoms with Gasteiger partial charge in [-0.05, 0) is 13.0 Å². The largest absolute Gasteiger partial charge is 0.392 e. The van der Waals surface area contributed by atoms with Gasteiger partial charge in [0.15, 0.2) is 0 Å². The Labute approximate surface area is 79.9 Å². The van der Waals surface area contributed by atoms with Crippen molar-refractivity contribution in [1.82, 2.24) is 4.90 Å². The standard InChI is InChI=1S/C8H18N2OS/c1-3-10(7-8(9)12)5-4-6-11-2/h3-7H2,1-2H3,(H2,9,12). The van der Waals surface area contributed by atoms with Gasteiger partial charge in [-0.25, -0.2) is 0 Å². The maximum atomic E-state index is 5.43. The number of nitrogens with two attached hydrogens (primary N) is 1. The highest BCUT2D eigenvalue weighted by Crippen LogP contribution is 1.91. The summed E-state index contributed by atoms with van der Waals surface area (Å²) in [5.41, 5.74) is 5.43. The van der Waals surface area contributed by atoms with Crippen LogP contribution in [0.3, 0.4) is 0 Å². The number of thiocarbonyl (C=S) groups is 1. The Morgan fingerprint density at radius 2 is 2.25 bits per heavy atom. The van der Waals surface area contributed by atoms with Crippen molar-refractivity contribution in [3.63, 3.8) is 0 Å². The minimum absolute atomic E-state index is 0.564. The van der Waals surface area contributed by atoms with E-state index in [1.165, 1.54) is 0 Å². The van der Waals surface area contributed by atoms with Crippen LogP contribution in [0.1, 0.15) is 13.3 Å². The molecule has 0 atom stereocenters. The van der Waals surface area contributed by atoms with E-state index in [9.17, 15) is 0 Å². The number of methoxy groups -OCH3 is 1. The molecule has 0 saturated carbocycles. The Morgan fingerprint density at radius 1 is 1.58 bits per heavy atom. The molecule has 4 heteroatoms. The summed E-state index contributed by atoms with van der Waals surface area (Å²) in [6, 6.07) is 0. The summed E-state index contributed by atoms with van der Waals surface area (Å²) in [5, 5.41) is 0. The van der Waals surface area contributed by atoms with E-state index in [0.717, 1.165) is 32.7 Å². The van der Waals surface area contributed by atoms with E-state index < -0.39 is 0 Å². The first-order valence-electron chi connectivity index (χ1n) is 4.20. The SMILES string of the molecule is CCN(CCCOC)CC(N)=S. The van der Waals surface area contributed by atoms with Crippen molar-refractivity contribution in [3.05, 3.63) is 0 Å². The van der Waals surface area contributed by atoms with E-state index in [4.69, 9.17) is 22.7 Å². The molecule has 0 amide bonds. The first-order valence-corrected chi connectivity index (χ1v) is 4.61. The quantitative estimate of drug-likeness (QED) is 0.472. The number of likely N-dealkylation sites (N-methyl/N-ethyl adjacent to an activating group) is 1. The molecule has 0 radical (unpaired) electrons. The smallest absolute Gasteiger partial charge is 0.0870 e. The van der Waals surface area contributed by atoms with E-state index in [0.29, 0.717) is 4.99 Å². The third kappa shape index (κ3) is 6.52. The summed E-state index contributed by atoms with van der Waals surface area (Å²) in [4.78, 5) is 2.77. The molecular formula is C8H18N2OS. The lowest BCUT2D eigenvalue weighted by Crippen LogP contribution is -2.33. The minimum Gasteiger partial charge on any atom is -0.392 e. The highest BCUT2D eigenvalue weighted by Gasteiger charge is 2.02. The van der Waals surface area contributed by atoms with E-state index in [2.05, 4.69) is 11.8 Å². The fraction of sp³-hybridized carbons (Fsp3) is 0.875. The fourth-order valence-corrected chi connectivity index (χ4v) is 1.18. The Bertz CT molecular complexity index is 130. The summed E-state index contributed by atoms with van der Waals surface area (Å²) >= 11 is 4.82. The summed E-state index contributed by atoms with van der Waals surface area (Å²) in [6.07, 6.45) is 1.03. The van der Waals surface area contributed by atoms with Crippen LogP contribution in [-0.4, -0.2) is 43.2 Å². The van der Waals surface area contributed by atoms with Gasteiger partial charge in [0, 0.05) is 26.8 Å². The van der Waals surface area contributed by atoms with Crippen molar-refractivity contribution < 1.29 is 4.74 Å². The number of hydrogen-bond acceptors (Lipinski definition) is 3. The normalized spacial score (nSPS) is 10.6. The molecule has 0 aliphatic rings. The Kier molecular flexibility index (Phi) is 7.34. The first-order chi connectivity index (χ1) is 5.70. The van der Waals surface area contributed by atoms with Gasteiger partial charge in [-0.2, -0.15) is 0 Å². The molecule has 0 fully saturated rings. The van der Waals surface area contributed by atoms with Gasteiger partial charge in [0.2, 0.25) is 0 Å². The zero-order valence-corrected chi connectivity index (χ0v) is 8.69. The van der Waals surface area contributed by atoms with Crippen LogP contribution < -0.4 is 5.73 Å². The van der Waals surface area contributed by atoms with Crippen molar-refractivity contribution >= 4 is 17.2 Å². The van der Waals surface area contributed by atoms with Gasteiger partial charge in [0.05, 0.1) is 4.99 Å². The number of rotatable bonds is 7. The average Bonchev–Trinajstić information content (AvgIpc) is 2.02. The molecule has 2 N–H and O–H groups in total. The van der Waals surface area contributed by atoms with E-state index in [1.807, 2.05) is 0 Å². The lowest BCUT2D eigenvalue weighted by molar-refractivity contribution is 0.178. The van der Waals surface area contributed by atoms with Crippen LogP contribution >= 0.6 is 12.2 Å². The maximum Gasteiger partial charge on any atom is 0.0870 e. The van der Waals surface area contributed by atoms with Crippen LogP contribution in [0, 0.1) is 0 Å².